The van der Waals surface area contributed by atoms with Crippen molar-refractivity contribution in [2.24, 2.45) is 10.9 Å². The van der Waals surface area contributed by atoms with E-state index in [1.807, 2.05) is 18.2 Å². The van der Waals surface area contributed by atoms with Gasteiger partial charge in [-0.2, -0.15) is 0 Å². The van der Waals surface area contributed by atoms with Crippen molar-refractivity contribution in [3.63, 3.8) is 0 Å². The van der Waals surface area contributed by atoms with Gasteiger partial charge in [0.2, 0.25) is 0 Å². The summed E-state index contributed by atoms with van der Waals surface area (Å²) in [5.41, 5.74) is 7.79. The highest BCUT2D eigenvalue weighted by Gasteiger charge is 2.17. The fourth-order valence-corrected chi connectivity index (χ4v) is 3.13. The van der Waals surface area contributed by atoms with Gasteiger partial charge in [0.1, 0.15) is 12.4 Å². The normalized spacial score (nSPS) is 15.3. The average molecular weight is 379 g/mol. The maximum Gasteiger partial charge on any atom is 0.174 e. The number of oxime groups is 1. The van der Waals surface area contributed by atoms with Crippen molar-refractivity contribution < 1.29 is 4.84 Å². The standard InChI is InChI=1S/C18H20Cl2N4O/c19-15-7-6-13(11-16(15)20)12-25-23-17(21)14-5-4-8-22-18(14)24-9-2-1-3-10-24/h4-8,11H,1-3,9-10,12H2,(H2,21,23). The van der Waals surface area contributed by atoms with Crippen molar-refractivity contribution in [3.05, 3.63) is 57.7 Å². The number of hydrogen-bond donors (Lipinski definition) is 1. The Morgan fingerprint density at radius 2 is 1.96 bits per heavy atom. The van der Waals surface area contributed by atoms with Crippen molar-refractivity contribution >= 4 is 34.9 Å². The monoisotopic (exact) mass is 378 g/mol. The van der Waals surface area contributed by atoms with Gasteiger partial charge in [0.25, 0.3) is 0 Å². The second-order valence-electron chi connectivity index (χ2n) is 5.92. The number of nitrogens with two attached hydrogens (primary N) is 1. The third kappa shape index (κ3) is 4.55. The van der Waals surface area contributed by atoms with Crippen LogP contribution in [0, 0.1) is 0 Å². The smallest absolute Gasteiger partial charge is 0.174 e. The molecule has 1 aromatic heterocycles. The van der Waals surface area contributed by atoms with E-state index in [9.17, 15) is 0 Å². The summed E-state index contributed by atoms with van der Waals surface area (Å²) in [6.45, 7) is 2.24. The number of nitrogens with zero attached hydrogens (tertiary/aromatic N) is 3. The number of anilines is 1. The van der Waals surface area contributed by atoms with Crippen LogP contribution in [-0.4, -0.2) is 23.9 Å². The molecule has 0 radical (unpaired) electrons. The van der Waals surface area contributed by atoms with E-state index in [-0.39, 0.29) is 6.61 Å². The number of benzene rings is 1. The van der Waals surface area contributed by atoms with Crippen LogP contribution in [0.3, 0.4) is 0 Å². The summed E-state index contributed by atoms with van der Waals surface area (Å²) in [5, 5.41) is 5.04. The van der Waals surface area contributed by atoms with E-state index in [1.165, 1.54) is 19.3 Å². The number of rotatable bonds is 5. The van der Waals surface area contributed by atoms with Gasteiger partial charge in [-0.05, 0) is 49.1 Å². The number of piperidine rings is 1. The minimum Gasteiger partial charge on any atom is -0.389 e. The molecule has 0 unspecified atom stereocenters. The molecule has 1 aliphatic rings. The molecule has 0 aliphatic carbocycles. The number of halogens is 2. The Hall–Kier alpha value is -1.98. The van der Waals surface area contributed by atoms with E-state index in [4.69, 9.17) is 33.8 Å². The Morgan fingerprint density at radius 1 is 1.16 bits per heavy atom. The maximum atomic E-state index is 6.13. The van der Waals surface area contributed by atoms with E-state index >= 15 is 0 Å². The van der Waals surface area contributed by atoms with Crippen molar-refractivity contribution in [3.8, 4) is 0 Å². The lowest BCUT2D eigenvalue weighted by Gasteiger charge is -2.29. The largest absolute Gasteiger partial charge is 0.389 e. The highest BCUT2D eigenvalue weighted by molar-refractivity contribution is 6.42. The van der Waals surface area contributed by atoms with E-state index in [0.717, 1.165) is 30.0 Å². The Labute approximate surface area is 157 Å². The summed E-state index contributed by atoms with van der Waals surface area (Å²) >= 11 is 11.9. The predicted molar refractivity (Wildman–Crippen MR) is 102 cm³/mol. The van der Waals surface area contributed by atoms with Crippen LogP contribution in [0.5, 0.6) is 0 Å². The van der Waals surface area contributed by atoms with Gasteiger partial charge in [0.05, 0.1) is 15.6 Å². The molecule has 0 bridgehead atoms. The quantitative estimate of drug-likeness (QED) is 0.480. The number of hydrogen-bond acceptors (Lipinski definition) is 4. The second kappa shape index (κ2) is 8.41. The third-order valence-electron chi connectivity index (χ3n) is 4.10. The zero-order valence-corrected chi connectivity index (χ0v) is 15.3. The first-order valence-corrected chi connectivity index (χ1v) is 9.00. The van der Waals surface area contributed by atoms with Gasteiger partial charge < -0.3 is 15.5 Å². The molecule has 3 rings (SSSR count). The Bertz CT molecular complexity index is 760. The first kappa shape index (κ1) is 17.8. The molecule has 0 saturated carbocycles. The highest BCUT2D eigenvalue weighted by atomic mass is 35.5. The summed E-state index contributed by atoms with van der Waals surface area (Å²) < 4.78 is 0. The van der Waals surface area contributed by atoms with E-state index in [1.54, 1.807) is 18.3 Å². The SMILES string of the molecule is NC(=NOCc1ccc(Cl)c(Cl)c1)c1cccnc1N1CCCCC1. The maximum absolute atomic E-state index is 6.13. The molecule has 1 aliphatic heterocycles. The van der Waals surface area contributed by atoms with Gasteiger partial charge in [-0.3, -0.25) is 0 Å². The zero-order chi connectivity index (χ0) is 17.6. The van der Waals surface area contributed by atoms with Crippen LogP contribution in [0.25, 0.3) is 0 Å². The van der Waals surface area contributed by atoms with Crippen LogP contribution in [0.2, 0.25) is 10.0 Å². The van der Waals surface area contributed by atoms with Crippen molar-refractivity contribution in [1.82, 2.24) is 4.98 Å². The molecular formula is C18H20Cl2N4O. The van der Waals surface area contributed by atoms with Crippen LogP contribution in [0.4, 0.5) is 5.82 Å². The molecule has 1 aromatic carbocycles. The van der Waals surface area contributed by atoms with Crippen LogP contribution in [0.1, 0.15) is 30.4 Å². The van der Waals surface area contributed by atoms with E-state index in [2.05, 4.69) is 15.0 Å². The Balaban J connectivity index is 1.70. The number of amidine groups is 1. The lowest BCUT2D eigenvalue weighted by Crippen LogP contribution is -2.32. The molecule has 1 saturated heterocycles. The van der Waals surface area contributed by atoms with Crippen molar-refractivity contribution in [1.29, 1.82) is 0 Å². The van der Waals surface area contributed by atoms with Gasteiger partial charge in [-0.25, -0.2) is 4.98 Å². The molecular weight excluding hydrogens is 359 g/mol. The minimum atomic E-state index is 0.261. The molecule has 0 amide bonds. The molecule has 7 heteroatoms. The average Bonchev–Trinajstić information content (AvgIpc) is 2.65. The van der Waals surface area contributed by atoms with Gasteiger partial charge >= 0.3 is 0 Å². The molecule has 1 fully saturated rings. The third-order valence-corrected chi connectivity index (χ3v) is 4.84. The lowest BCUT2D eigenvalue weighted by atomic mass is 10.1. The van der Waals surface area contributed by atoms with Crippen molar-refractivity contribution in [2.75, 3.05) is 18.0 Å². The minimum absolute atomic E-state index is 0.261. The molecule has 132 valence electrons. The van der Waals surface area contributed by atoms with E-state index < -0.39 is 0 Å². The molecule has 0 atom stereocenters. The summed E-state index contributed by atoms with van der Waals surface area (Å²) in [6.07, 6.45) is 5.37. The molecule has 2 N–H and O–H groups in total. The molecule has 2 heterocycles. The second-order valence-corrected chi connectivity index (χ2v) is 6.74. The highest BCUT2D eigenvalue weighted by Crippen LogP contribution is 2.23. The Morgan fingerprint density at radius 3 is 2.72 bits per heavy atom. The van der Waals surface area contributed by atoms with Crippen LogP contribution < -0.4 is 10.6 Å². The van der Waals surface area contributed by atoms with Gasteiger partial charge in [-0.15, -0.1) is 0 Å². The lowest BCUT2D eigenvalue weighted by molar-refractivity contribution is 0.130. The molecule has 0 spiro atoms. The van der Waals surface area contributed by atoms with Crippen LogP contribution in [0.15, 0.2) is 41.7 Å². The molecule has 2 aromatic rings. The number of pyridine rings is 1. The van der Waals surface area contributed by atoms with Gasteiger partial charge in [0, 0.05) is 19.3 Å². The summed E-state index contributed by atoms with van der Waals surface area (Å²) in [7, 11) is 0. The summed E-state index contributed by atoms with van der Waals surface area (Å²) in [4.78, 5) is 12.1. The topological polar surface area (TPSA) is 63.7 Å². The van der Waals surface area contributed by atoms with Crippen LogP contribution in [-0.2, 0) is 11.4 Å². The summed E-state index contributed by atoms with van der Waals surface area (Å²) in [5.74, 6) is 1.18. The Kier molecular flexibility index (Phi) is 6.00. The fourth-order valence-electron chi connectivity index (χ4n) is 2.81. The van der Waals surface area contributed by atoms with Gasteiger partial charge in [0.15, 0.2) is 5.84 Å². The van der Waals surface area contributed by atoms with Crippen molar-refractivity contribution in [2.45, 2.75) is 25.9 Å². The predicted octanol–water partition coefficient (Wildman–Crippen LogP) is 4.22. The molecule has 25 heavy (non-hydrogen) atoms. The first-order chi connectivity index (χ1) is 12.1. The van der Waals surface area contributed by atoms with E-state index in [0.29, 0.717) is 15.9 Å². The summed E-state index contributed by atoms with van der Waals surface area (Å²) in [6, 6.07) is 9.08. The first-order valence-electron chi connectivity index (χ1n) is 8.25. The van der Waals surface area contributed by atoms with Crippen LogP contribution >= 0.6 is 23.2 Å². The van der Waals surface area contributed by atoms with Gasteiger partial charge in [-0.1, -0.05) is 34.4 Å². The molecule has 5 nitrogen and oxygen atoms in total. The fraction of sp³-hybridized carbons (Fsp3) is 0.333. The zero-order valence-electron chi connectivity index (χ0n) is 13.8. The number of aromatic nitrogens is 1.